The average molecular weight is 373 g/mol. The van der Waals surface area contributed by atoms with Crippen LogP contribution in [0.3, 0.4) is 0 Å². The number of sulfone groups is 2. The highest BCUT2D eigenvalue weighted by atomic mass is 32.2. The third-order valence-electron chi connectivity index (χ3n) is 4.78. The maximum atomic E-state index is 12.1. The summed E-state index contributed by atoms with van der Waals surface area (Å²) in [7, 11) is -6.98. The van der Waals surface area contributed by atoms with E-state index in [0.717, 1.165) is 25.5 Å². The average Bonchev–Trinajstić information content (AvgIpc) is 3.21. The van der Waals surface area contributed by atoms with Crippen LogP contribution in [0.2, 0.25) is 0 Å². The van der Waals surface area contributed by atoms with Gasteiger partial charge in [-0.05, 0) is 44.4 Å². The van der Waals surface area contributed by atoms with E-state index < -0.39 is 19.7 Å². The molecule has 3 rings (SSSR count). The maximum absolute atomic E-state index is 12.1. The first-order valence-electron chi connectivity index (χ1n) is 8.12. The summed E-state index contributed by atoms with van der Waals surface area (Å²) < 4.78 is 47.6. The van der Waals surface area contributed by atoms with Gasteiger partial charge < -0.3 is 5.32 Å². The van der Waals surface area contributed by atoms with Gasteiger partial charge in [-0.1, -0.05) is 0 Å². The van der Waals surface area contributed by atoms with Gasteiger partial charge in [0.05, 0.1) is 15.5 Å². The molecule has 0 bridgehead atoms. The van der Waals surface area contributed by atoms with E-state index in [9.17, 15) is 16.8 Å². The highest BCUT2D eigenvalue weighted by Crippen LogP contribution is 2.35. The number of hydrogen-bond acceptors (Lipinski definition) is 6. The van der Waals surface area contributed by atoms with Crippen LogP contribution in [0.4, 0.5) is 5.69 Å². The lowest BCUT2D eigenvalue weighted by atomic mass is 10.2. The largest absolute Gasteiger partial charge is 0.380 e. The van der Waals surface area contributed by atoms with Crippen LogP contribution < -0.4 is 5.32 Å². The lowest BCUT2D eigenvalue weighted by Crippen LogP contribution is -2.31. The van der Waals surface area contributed by atoms with Gasteiger partial charge in [0.2, 0.25) is 0 Å². The lowest BCUT2D eigenvalue weighted by Gasteiger charge is -2.20. The van der Waals surface area contributed by atoms with Gasteiger partial charge in [0.1, 0.15) is 0 Å². The molecule has 24 heavy (non-hydrogen) atoms. The second-order valence-corrected chi connectivity index (χ2v) is 11.1. The Kier molecular flexibility index (Phi) is 4.42. The van der Waals surface area contributed by atoms with E-state index in [-0.39, 0.29) is 15.8 Å². The van der Waals surface area contributed by atoms with E-state index in [1.54, 1.807) is 6.07 Å². The van der Waals surface area contributed by atoms with Crippen molar-refractivity contribution in [3.05, 3.63) is 18.2 Å². The Balaban J connectivity index is 1.88. The SMILES string of the molecule is CC1CC(Nc2ccc(S(C)(=O)=O)cc2S(C)(=O)=O)CN1C1CC1. The lowest BCUT2D eigenvalue weighted by molar-refractivity contribution is 0.257. The van der Waals surface area contributed by atoms with Crippen molar-refractivity contribution >= 4 is 25.4 Å². The fourth-order valence-electron chi connectivity index (χ4n) is 3.46. The van der Waals surface area contributed by atoms with Crippen molar-refractivity contribution < 1.29 is 16.8 Å². The predicted octanol–water partition coefficient (Wildman–Crippen LogP) is 1.53. The topological polar surface area (TPSA) is 83.5 Å². The van der Waals surface area contributed by atoms with Crippen LogP contribution in [0.25, 0.3) is 0 Å². The molecule has 8 heteroatoms. The Hall–Kier alpha value is -1.12. The van der Waals surface area contributed by atoms with Crippen LogP contribution in [-0.2, 0) is 19.7 Å². The molecule has 1 saturated heterocycles. The number of anilines is 1. The van der Waals surface area contributed by atoms with E-state index in [0.29, 0.717) is 17.8 Å². The van der Waals surface area contributed by atoms with Gasteiger partial charge >= 0.3 is 0 Å². The first-order valence-corrected chi connectivity index (χ1v) is 11.9. The first-order chi connectivity index (χ1) is 11.1. The van der Waals surface area contributed by atoms with E-state index in [1.165, 1.54) is 25.0 Å². The van der Waals surface area contributed by atoms with Gasteiger partial charge in [-0.3, -0.25) is 4.90 Å². The van der Waals surface area contributed by atoms with Crippen LogP contribution in [0.1, 0.15) is 26.2 Å². The third kappa shape index (κ3) is 3.75. The van der Waals surface area contributed by atoms with E-state index in [1.807, 2.05) is 0 Å². The Morgan fingerprint density at radius 1 is 1.08 bits per heavy atom. The van der Waals surface area contributed by atoms with E-state index in [4.69, 9.17) is 0 Å². The number of nitrogens with one attached hydrogen (secondary N) is 1. The molecule has 1 aliphatic heterocycles. The fourth-order valence-corrected chi connectivity index (χ4v) is 5.04. The number of likely N-dealkylation sites (tertiary alicyclic amines) is 1. The summed E-state index contributed by atoms with van der Waals surface area (Å²) in [6.07, 6.45) is 5.62. The molecule has 1 aromatic rings. The minimum atomic E-state index is -3.53. The van der Waals surface area contributed by atoms with Gasteiger partial charge in [0, 0.05) is 37.2 Å². The van der Waals surface area contributed by atoms with Crippen LogP contribution in [0.5, 0.6) is 0 Å². The Morgan fingerprint density at radius 3 is 2.29 bits per heavy atom. The molecule has 1 saturated carbocycles. The Labute approximate surface area is 144 Å². The number of nitrogens with zero attached hydrogens (tertiary/aromatic N) is 1. The van der Waals surface area contributed by atoms with Gasteiger partial charge in [0.15, 0.2) is 19.7 Å². The Morgan fingerprint density at radius 2 is 1.75 bits per heavy atom. The normalized spacial score (nSPS) is 25.8. The molecule has 0 amide bonds. The van der Waals surface area contributed by atoms with Crippen molar-refractivity contribution in [2.45, 2.75) is 54.1 Å². The summed E-state index contributed by atoms with van der Waals surface area (Å²) >= 11 is 0. The molecule has 134 valence electrons. The van der Waals surface area contributed by atoms with Crippen LogP contribution in [0, 0.1) is 0 Å². The molecular formula is C16H24N2O4S2. The molecule has 0 aromatic heterocycles. The molecule has 2 fully saturated rings. The van der Waals surface area contributed by atoms with Gasteiger partial charge in [0.25, 0.3) is 0 Å². The minimum absolute atomic E-state index is 0.0212. The highest BCUT2D eigenvalue weighted by molar-refractivity contribution is 7.91. The quantitative estimate of drug-likeness (QED) is 0.844. The van der Waals surface area contributed by atoms with Crippen molar-refractivity contribution in [1.29, 1.82) is 0 Å². The second kappa shape index (κ2) is 6.00. The molecule has 6 nitrogen and oxygen atoms in total. The molecule has 1 heterocycles. The molecule has 1 aliphatic carbocycles. The highest BCUT2D eigenvalue weighted by Gasteiger charge is 2.39. The van der Waals surface area contributed by atoms with Crippen molar-refractivity contribution in [2.75, 3.05) is 24.4 Å². The summed E-state index contributed by atoms with van der Waals surface area (Å²) in [5.41, 5.74) is 0.486. The zero-order chi connectivity index (χ0) is 17.7. The first kappa shape index (κ1) is 17.7. The predicted molar refractivity (Wildman–Crippen MR) is 93.9 cm³/mol. The molecule has 2 aliphatic rings. The Bertz CT molecular complexity index is 845. The van der Waals surface area contributed by atoms with Crippen LogP contribution in [-0.4, -0.2) is 58.9 Å². The molecular weight excluding hydrogens is 348 g/mol. The van der Waals surface area contributed by atoms with Gasteiger partial charge in [-0.2, -0.15) is 0 Å². The summed E-state index contributed by atoms with van der Waals surface area (Å²) in [5, 5.41) is 3.32. The number of hydrogen-bond donors (Lipinski definition) is 1. The van der Waals surface area contributed by atoms with Crippen molar-refractivity contribution in [3.63, 3.8) is 0 Å². The minimum Gasteiger partial charge on any atom is -0.380 e. The summed E-state index contributed by atoms with van der Waals surface area (Å²) in [5.74, 6) is 0. The zero-order valence-corrected chi connectivity index (χ0v) is 15.8. The van der Waals surface area contributed by atoms with Gasteiger partial charge in [-0.25, -0.2) is 16.8 Å². The van der Waals surface area contributed by atoms with Crippen molar-refractivity contribution in [3.8, 4) is 0 Å². The number of rotatable bonds is 5. The maximum Gasteiger partial charge on any atom is 0.177 e. The summed E-state index contributed by atoms with van der Waals surface area (Å²) in [6.45, 7) is 3.09. The fraction of sp³-hybridized carbons (Fsp3) is 0.625. The molecule has 2 atom stereocenters. The van der Waals surface area contributed by atoms with E-state index in [2.05, 4.69) is 17.1 Å². The monoisotopic (exact) mass is 372 g/mol. The third-order valence-corrected chi connectivity index (χ3v) is 7.03. The smallest absolute Gasteiger partial charge is 0.177 e. The molecule has 1 aromatic carbocycles. The van der Waals surface area contributed by atoms with Gasteiger partial charge in [-0.15, -0.1) is 0 Å². The van der Waals surface area contributed by atoms with Crippen LogP contribution in [0.15, 0.2) is 28.0 Å². The van der Waals surface area contributed by atoms with Crippen LogP contribution >= 0.6 is 0 Å². The molecule has 0 spiro atoms. The number of benzene rings is 1. The summed E-state index contributed by atoms with van der Waals surface area (Å²) in [6, 6.07) is 5.61. The van der Waals surface area contributed by atoms with Crippen molar-refractivity contribution in [2.24, 2.45) is 0 Å². The molecule has 2 unspecified atom stereocenters. The van der Waals surface area contributed by atoms with E-state index >= 15 is 0 Å². The van der Waals surface area contributed by atoms with Crippen molar-refractivity contribution in [1.82, 2.24) is 4.90 Å². The molecule has 0 radical (unpaired) electrons. The molecule has 1 N–H and O–H groups in total. The second-order valence-electron chi connectivity index (χ2n) is 7.06. The standard InChI is InChI=1S/C16H24N2O4S2/c1-11-8-12(10-18(11)13-4-5-13)17-15-7-6-14(23(2,19)20)9-16(15)24(3,21)22/h6-7,9,11-13,17H,4-5,8,10H2,1-3H3. The zero-order valence-electron chi connectivity index (χ0n) is 14.2. The summed E-state index contributed by atoms with van der Waals surface area (Å²) in [4.78, 5) is 2.54.